The molecule has 1 amide bonds. The summed E-state index contributed by atoms with van der Waals surface area (Å²) in [5.74, 6) is 5.93. The van der Waals surface area contributed by atoms with Gasteiger partial charge in [0.2, 0.25) is 11.9 Å². The Morgan fingerprint density at radius 2 is 2.05 bits per heavy atom. The molecule has 2 aromatic rings. The predicted octanol–water partition coefficient (Wildman–Crippen LogP) is 0.616. The van der Waals surface area contributed by atoms with Crippen molar-refractivity contribution in [1.29, 1.82) is 0 Å². The van der Waals surface area contributed by atoms with Crippen LogP contribution in [-0.4, -0.2) is 28.5 Å². The summed E-state index contributed by atoms with van der Waals surface area (Å²) in [6.45, 7) is 4.02. The summed E-state index contributed by atoms with van der Waals surface area (Å²) >= 11 is 0. The zero-order chi connectivity index (χ0) is 14.7. The number of primary amides is 1. The molecule has 7 heteroatoms. The summed E-state index contributed by atoms with van der Waals surface area (Å²) in [6, 6.07) is 7.61. The van der Waals surface area contributed by atoms with Crippen LogP contribution in [0.1, 0.15) is 13.8 Å². The van der Waals surface area contributed by atoms with Crippen molar-refractivity contribution < 1.29 is 4.79 Å². The average Bonchev–Trinajstić information content (AvgIpc) is 2.43. The predicted molar refractivity (Wildman–Crippen MR) is 79.0 cm³/mol. The molecular formula is C13H18N6O. The highest BCUT2D eigenvalue weighted by atomic mass is 16.1. The molecule has 0 fully saturated rings. The van der Waals surface area contributed by atoms with E-state index in [4.69, 9.17) is 11.6 Å². The van der Waals surface area contributed by atoms with Crippen molar-refractivity contribution in [3.05, 3.63) is 24.3 Å². The Kier molecular flexibility index (Phi) is 3.99. The smallest absolute Gasteiger partial charge is 0.239 e. The number of hydrogen-bond acceptors (Lipinski definition) is 6. The lowest BCUT2D eigenvalue weighted by atomic mass is 10.2. The van der Waals surface area contributed by atoms with Gasteiger partial charge >= 0.3 is 0 Å². The number of rotatable bonds is 5. The van der Waals surface area contributed by atoms with Crippen molar-refractivity contribution in [2.45, 2.75) is 19.9 Å². The SMILES string of the molecule is CC(C)N(CC(N)=O)c1nc(NN)nc2ccccc12. The molecular weight excluding hydrogens is 256 g/mol. The summed E-state index contributed by atoms with van der Waals surface area (Å²) in [6.07, 6.45) is 0. The van der Waals surface area contributed by atoms with Crippen molar-refractivity contribution in [3.63, 3.8) is 0 Å². The lowest BCUT2D eigenvalue weighted by molar-refractivity contribution is -0.116. The first-order chi connectivity index (χ1) is 9.52. The molecule has 1 heterocycles. The number of amides is 1. The molecule has 0 spiro atoms. The Hall–Kier alpha value is -2.41. The van der Waals surface area contributed by atoms with Gasteiger partial charge in [-0.05, 0) is 26.0 Å². The number of benzene rings is 1. The normalized spacial score (nSPS) is 10.8. The maximum atomic E-state index is 11.3. The van der Waals surface area contributed by atoms with Gasteiger partial charge in [0, 0.05) is 11.4 Å². The van der Waals surface area contributed by atoms with Crippen LogP contribution in [0, 0.1) is 0 Å². The highest BCUT2D eigenvalue weighted by molar-refractivity contribution is 5.92. The topological polar surface area (TPSA) is 110 Å². The number of carbonyl (C=O) groups excluding carboxylic acids is 1. The van der Waals surface area contributed by atoms with Crippen molar-refractivity contribution >= 4 is 28.6 Å². The molecule has 0 unspecified atom stereocenters. The fourth-order valence-corrected chi connectivity index (χ4v) is 2.01. The third-order valence-corrected chi connectivity index (χ3v) is 2.93. The van der Waals surface area contributed by atoms with Crippen LogP contribution >= 0.6 is 0 Å². The number of fused-ring (bicyclic) bond motifs is 1. The number of carbonyl (C=O) groups is 1. The van der Waals surface area contributed by atoms with Crippen LogP contribution in [0.5, 0.6) is 0 Å². The highest BCUT2D eigenvalue weighted by Gasteiger charge is 2.18. The van der Waals surface area contributed by atoms with E-state index in [1.165, 1.54) is 0 Å². The third-order valence-electron chi connectivity index (χ3n) is 2.93. The van der Waals surface area contributed by atoms with Gasteiger partial charge in [-0.1, -0.05) is 12.1 Å². The van der Waals surface area contributed by atoms with E-state index in [9.17, 15) is 4.79 Å². The molecule has 106 valence electrons. The summed E-state index contributed by atoms with van der Waals surface area (Å²) in [5, 5.41) is 0.849. The Balaban J connectivity index is 2.62. The van der Waals surface area contributed by atoms with Crippen molar-refractivity contribution in [1.82, 2.24) is 9.97 Å². The van der Waals surface area contributed by atoms with Gasteiger partial charge in [0.05, 0.1) is 12.1 Å². The molecule has 0 saturated heterocycles. The maximum Gasteiger partial charge on any atom is 0.239 e. The fraction of sp³-hybridized carbons (Fsp3) is 0.308. The molecule has 1 aromatic carbocycles. The number of hydrazine groups is 1. The number of aromatic nitrogens is 2. The summed E-state index contributed by atoms with van der Waals surface area (Å²) in [4.78, 5) is 21.8. The first-order valence-corrected chi connectivity index (χ1v) is 6.31. The largest absolute Gasteiger partial charge is 0.368 e. The molecule has 5 N–H and O–H groups in total. The van der Waals surface area contributed by atoms with Crippen LogP contribution in [0.25, 0.3) is 10.9 Å². The molecule has 0 aliphatic heterocycles. The van der Waals surface area contributed by atoms with Crippen LogP contribution in [0.15, 0.2) is 24.3 Å². The standard InChI is InChI=1S/C13H18N6O/c1-8(2)19(7-11(14)20)12-9-5-3-4-6-10(9)16-13(17-12)18-15/h3-6,8H,7,15H2,1-2H3,(H2,14,20)(H,16,17,18). The van der Waals surface area contributed by atoms with E-state index in [2.05, 4.69) is 15.4 Å². The minimum absolute atomic E-state index is 0.0615. The number of nitrogens with zero attached hydrogens (tertiary/aromatic N) is 3. The van der Waals surface area contributed by atoms with Crippen LogP contribution in [0.3, 0.4) is 0 Å². The van der Waals surface area contributed by atoms with E-state index in [0.717, 1.165) is 10.9 Å². The quantitative estimate of drug-likeness (QED) is 0.544. The van der Waals surface area contributed by atoms with E-state index in [1.54, 1.807) is 0 Å². The van der Waals surface area contributed by atoms with E-state index in [0.29, 0.717) is 11.8 Å². The second kappa shape index (κ2) is 5.70. The highest BCUT2D eigenvalue weighted by Crippen LogP contribution is 2.26. The molecule has 1 aromatic heterocycles. The van der Waals surface area contributed by atoms with Gasteiger partial charge in [-0.2, -0.15) is 4.98 Å². The lowest BCUT2D eigenvalue weighted by Crippen LogP contribution is -2.39. The first kappa shape index (κ1) is 14.0. The molecule has 20 heavy (non-hydrogen) atoms. The Bertz CT molecular complexity index is 627. The van der Waals surface area contributed by atoms with Gasteiger partial charge in [0.25, 0.3) is 0 Å². The summed E-state index contributed by atoms with van der Waals surface area (Å²) < 4.78 is 0. The van der Waals surface area contributed by atoms with Crippen molar-refractivity contribution in [3.8, 4) is 0 Å². The number of anilines is 2. The first-order valence-electron chi connectivity index (χ1n) is 6.31. The molecule has 0 radical (unpaired) electrons. The average molecular weight is 274 g/mol. The molecule has 0 saturated carbocycles. The molecule has 7 nitrogen and oxygen atoms in total. The Morgan fingerprint density at radius 3 is 2.65 bits per heavy atom. The number of nitrogens with one attached hydrogen (secondary N) is 1. The minimum atomic E-state index is -0.413. The molecule has 2 rings (SSSR count). The maximum absolute atomic E-state index is 11.3. The van der Waals surface area contributed by atoms with Gasteiger partial charge < -0.3 is 10.6 Å². The van der Waals surface area contributed by atoms with Crippen LogP contribution in [0.4, 0.5) is 11.8 Å². The fourth-order valence-electron chi connectivity index (χ4n) is 2.01. The molecule has 0 atom stereocenters. The lowest BCUT2D eigenvalue weighted by Gasteiger charge is -2.27. The van der Waals surface area contributed by atoms with E-state index in [-0.39, 0.29) is 12.6 Å². The van der Waals surface area contributed by atoms with Gasteiger partial charge in [0.1, 0.15) is 5.82 Å². The Labute approximate surface area is 116 Å². The summed E-state index contributed by atoms with van der Waals surface area (Å²) in [5.41, 5.74) is 8.51. The summed E-state index contributed by atoms with van der Waals surface area (Å²) in [7, 11) is 0. The number of para-hydroxylation sites is 1. The van der Waals surface area contributed by atoms with Gasteiger partial charge in [-0.3, -0.25) is 10.2 Å². The minimum Gasteiger partial charge on any atom is -0.368 e. The van der Waals surface area contributed by atoms with E-state index >= 15 is 0 Å². The van der Waals surface area contributed by atoms with Gasteiger partial charge in [-0.15, -0.1) is 0 Å². The van der Waals surface area contributed by atoms with Crippen molar-refractivity contribution in [2.75, 3.05) is 16.9 Å². The zero-order valence-electron chi connectivity index (χ0n) is 11.5. The monoisotopic (exact) mass is 274 g/mol. The van der Waals surface area contributed by atoms with E-state index < -0.39 is 5.91 Å². The van der Waals surface area contributed by atoms with Gasteiger partial charge in [0.15, 0.2) is 0 Å². The van der Waals surface area contributed by atoms with E-state index in [1.807, 2.05) is 43.0 Å². The molecule has 0 aliphatic rings. The molecule has 0 aliphatic carbocycles. The zero-order valence-corrected chi connectivity index (χ0v) is 11.5. The second-order valence-corrected chi connectivity index (χ2v) is 4.72. The second-order valence-electron chi connectivity index (χ2n) is 4.72. The van der Waals surface area contributed by atoms with Gasteiger partial charge in [-0.25, -0.2) is 10.8 Å². The van der Waals surface area contributed by atoms with Crippen LogP contribution < -0.4 is 21.9 Å². The third kappa shape index (κ3) is 2.77. The van der Waals surface area contributed by atoms with Crippen LogP contribution in [-0.2, 0) is 4.79 Å². The molecule has 0 bridgehead atoms. The number of nitrogens with two attached hydrogens (primary N) is 2. The van der Waals surface area contributed by atoms with Crippen LogP contribution in [0.2, 0.25) is 0 Å². The van der Waals surface area contributed by atoms with Crippen molar-refractivity contribution in [2.24, 2.45) is 11.6 Å². The number of hydrogen-bond donors (Lipinski definition) is 3. The Morgan fingerprint density at radius 1 is 1.35 bits per heavy atom. The number of nitrogen functional groups attached to an aromatic ring is 1.